The topological polar surface area (TPSA) is 8.81 Å². The number of benzene rings is 2. The monoisotopic (exact) mass is 317 g/mol. The van der Waals surface area contributed by atoms with Gasteiger partial charge in [0, 0.05) is 12.0 Å². The molecule has 1 aliphatic rings. The Morgan fingerprint density at radius 3 is 2.50 bits per heavy atom. The van der Waals surface area contributed by atoms with E-state index in [0.29, 0.717) is 0 Å². The van der Waals surface area contributed by atoms with Gasteiger partial charge in [0.1, 0.15) is 12.7 Å². The molecule has 0 aliphatic carbocycles. The van der Waals surface area contributed by atoms with Crippen LogP contribution in [0.15, 0.2) is 60.8 Å². The van der Waals surface area contributed by atoms with Gasteiger partial charge in [0.25, 0.3) is 5.82 Å². The third-order valence-corrected chi connectivity index (χ3v) is 5.04. The van der Waals surface area contributed by atoms with E-state index in [9.17, 15) is 0 Å². The number of aromatic nitrogens is 2. The molecule has 2 heteroatoms. The van der Waals surface area contributed by atoms with E-state index in [4.69, 9.17) is 0 Å². The van der Waals surface area contributed by atoms with E-state index >= 15 is 0 Å². The molecular formula is C22H25N2+. The van der Waals surface area contributed by atoms with Crippen molar-refractivity contribution in [2.75, 3.05) is 0 Å². The molecule has 0 saturated heterocycles. The van der Waals surface area contributed by atoms with Gasteiger partial charge in [-0.15, -0.1) is 0 Å². The van der Waals surface area contributed by atoms with Crippen molar-refractivity contribution in [3.8, 4) is 11.3 Å². The summed E-state index contributed by atoms with van der Waals surface area (Å²) in [5.74, 6) is 1.48. The molecule has 0 atom stereocenters. The van der Waals surface area contributed by atoms with Gasteiger partial charge in [0.05, 0.1) is 6.54 Å². The zero-order valence-corrected chi connectivity index (χ0v) is 14.4. The molecule has 0 saturated carbocycles. The summed E-state index contributed by atoms with van der Waals surface area (Å²) in [6.07, 6.45) is 7.45. The lowest BCUT2D eigenvalue weighted by Crippen LogP contribution is -2.37. The molecule has 1 aromatic heterocycles. The van der Waals surface area contributed by atoms with Crippen LogP contribution in [0.4, 0.5) is 0 Å². The van der Waals surface area contributed by atoms with Crippen molar-refractivity contribution in [2.24, 2.45) is 0 Å². The minimum atomic E-state index is 0.961. The number of hydrogen-bond acceptors (Lipinski definition) is 0. The van der Waals surface area contributed by atoms with Crippen LogP contribution in [-0.2, 0) is 19.5 Å². The van der Waals surface area contributed by atoms with Gasteiger partial charge in [-0.2, -0.15) is 0 Å². The Labute approximate surface area is 144 Å². The van der Waals surface area contributed by atoms with Gasteiger partial charge in [-0.05, 0) is 31.7 Å². The second kappa shape index (κ2) is 6.64. The smallest absolute Gasteiger partial charge is 0.229 e. The largest absolute Gasteiger partial charge is 0.257 e. The summed E-state index contributed by atoms with van der Waals surface area (Å²) < 4.78 is 5.02. The summed E-state index contributed by atoms with van der Waals surface area (Å²) in [6.45, 7) is 4.25. The number of rotatable bonds is 3. The molecule has 122 valence electrons. The third-order valence-electron chi connectivity index (χ3n) is 5.04. The fourth-order valence-corrected chi connectivity index (χ4v) is 3.71. The average molecular weight is 317 g/mol. The van der Waals surface area contributed by atoms with Crippen LogP contribution in [0, 0.1) is 6.92 Å². The van der Waals surface area contributed by atoms with Gasteiger partial charge < -0.3 is 0 Å². The molecule has 1 aliphatic heterocycles. The van der Waals surface area contributed by atoms with Gasteiger partial charge in [0.15, 0.2) is 5.69 Å². The lowest BCUT2D eigenvalue weighted by Gasteiger charge is -2.03. The molecule has 0 N–H and O–H groups in total. The maximum atomic E-state index is 2.55. The second-order valence-corrected chi connectivity index (χ2v) is 6.87. The molecule has 2 aromatic carbocycles. The zero-order chi connectivity index (χ0) is 16.4. The summed E-state index contributed by atoms with van der Waals surface area (Å²) in [5.41, 5.74) is 5.38. The van der Waals surface area contributed by atoms with E-state index in [0.717, 1.165) is 13.1 Å². The molecule has 24 heavy (non-hydrogen) atoms. The molecule has 3 aromatic rings. The van der Waals surface area contributed by atoms with Crippen molar-refractivity contribution in [3.05, 3.63) is 77.7 Å². The van der Waals surface area contributed by atoms with Crippen LogP contribution in [0.25, 0.3) is 11.3 Å². The van der Waals surface area contributed by atoms with Crippen LogP contribution in [-0.4, -0.2) is 4.57 Å². The maximum Gasteiger partial charge on any atom is 0.257 e. The number of aryl methyl sites for hydroxylation is 1. The van der Waals surface area contributed by atoms with Crippen molar-refractivity contribution < 1.29 is 4.57 Å². The summed E-state index contributed by atoms with van der Waals surface area (Å²) in [6, 6.07) is 19.7. The molecule has 0 fully saturated rings. The first-order valence-electron chi connectivity index (χ1n) is 9.04. The summed E-state index contributed by atoms with van der Waals surface area (Å²) in [5, 5.41) is 0. The first-order chi connectivity index (χ1) is 11.8. The highest BCUT2D eigenvalue weighted by Gasteiger charge is 2.25. The SMILES string of the molecule is Cc1ccc(C[n+]2cc(-c3ccccc3)n3c2CCCCC3)cc1. The van der Waals surface area contributed by atoms with Crippen LogP contribution < -0.4 is 4.57 Å². The van der Waals surface area contributed by atoms with E-state index in [1.807, 2.05) is 0 Å². The van der Waals surface area contributed by atoms with Crippen LogP contribution in [0.5, 0.6) is 0 Å². The third kappa shape index (κ3) is 3.01. The molecule has 0 radical (unpaired) electrons. The summed E-state index contributed by atoms with van der Waals surface area (Å²) in [7, 11) is 0. The normalized spacial score (nSPS) is 14.2. The van der Waals surface area contributed by atoms with Crippen LogP contribution in [0.1, 0.15) is 36.2 Å². The first-order valence-corrected chi connectivity index (χ1v) is 9.04. The number of imidazole rings is 1. The van der Waals surface area contributed by atoms with E-state index in [-0.39, 0.29) is 0 Å². The Hall–Kier alpha value is -2.35. The lowest BCUT2D eigenvalue weighted by atomic mass is 10.1. The molecule has 0 amide bonds. The molecule has 0 unspecified atom stereocenters. The molecule has 2 heterocycles. The highest BCUT2D eigenvalue weighted by molar-refractivity contribution is 5.58. The number of hydrogen-bond donors (Lipinski definition) is 0. The molecule has 4 rings (SSSR count). The minimum Gasteiger partial charge on any atom is -0.229 e. The number of fused-ring (bicyclic) bond motifs is 1. The maximum absolute atomic E-state index is 2.55. The lowest BCUT2D eigenvalue weighted by molar-refractivity contribution is -0.695. The van der Waals surface area contributed by atoms with Crippen LogP contribution in [0.2, 0.25) is 0 Å². The van der Waals surface area contributed by atoms with Gasteiger partial charge in [-0.1, -0.05) is 60.2 Å². The zero-order valence-electron chi connectivity index (χ0n) is 14.4. The summed E-state index contributed by atoms with van der Waals surface area (Å²) in [4.78, 5) is 0. The first kappa shape index (κ1) is 15.2. The predicted molar refractivity (Wildman–Crippen MR) is 97.9 cm³/mol. The highest BCUT2D eigenvalue weighted by atomic mass is 15.2. The Bertz CT molecular complexity index is 813. The van der Waals surface area contributed by atoms with E-state index < -0.39 is 0 Å². The molecule has 0 spiro atoms. The van der Waals surface area contributed by atoms with Crippen molar-refractivity contribution in [2.45, 2.75) is 45.7 Å². The Morgan fingerprint density at radius 2 is 1.71 bits per heavy atom. The molecular weight excluding hydrogens is 292 g/mol. The fourth-order valence-electron chi connectivity index (χ4n) is 3.71. The second-order valence-electron chi connectivity index (χ2n) is 6.87. The van der Waals surface area contributed by atoms with Crippen LogP contribution >= 0.6 is 0 Å². The van der Waals surface area contributed by atoms with E-state index in [1.165, 1.54) is 53.9 Å². The fraction of sp³-hybridized carbons (Fsp3) is 0.318. The Morgan fingerprint density at radius 1 is 0.917 bits per heavy atom. The Balaban J connectivity index is 1.76. The summed E-state index contributed by atoms with van der Waals surface area (Å²) >= 11 is 0. The van der Waals surface area contributed by atoms with Gasteiger partial charge in [-0.3, -0.25) is 0 Å². The van der Waals surface area contributed by atoms with E-state index in [2.05, 4.69) is 76.9 Å². The van der Waals surface area contributed by atoms with Gasteiger partial charge in [-0.25, -0.2) is 9.13 Å². The minimum absolute atomic E-state index is 0.961. The molecule has 0 bridgehead atoms. The van der Waals surface area contributed by atoms with Gasteiger partial charge >= 0.3 is 0 Å². The van der Waals surface area contributed by atoms with Crippen LogP contribution in [0.3, 0.4) is 0 Å². The quantitative estimate of drug-likeness (QED) is 0.628. The van der Waals surface area contributed by atoms with Crippen molar-refractivity contribution in [1.29, 1.82) is 0 Å². The van der Waals surface area contributed by atoms with Crippen molar-refractivity contribution >= 4 is 0 Å². The van der Waals surface area contributed by atoms with E-state index in [1.54, 1.807) is 0 Å². The van der Waals surface area contributed by atoms with Crippen molar-refractivity contribution in [3.63, 3.8) is 0 Å². The average Bonchev–Trinajstić information content (AvgIpc) is 2.80. The number of nitrogens with zero attached hydrogens (tertiary/aromatic N) is 2. The van der Waals surface area contributed by atoms with Crippen molar-refractivity contribution in [1.82, 2.24) is 4.57 Å². The standard InChI is InChI=1S/C22H25N2/c1-18-11-13-19(14-12-18)16-23-17-21(20-8-4-2-5-9-20)24-15-7-3-6-10-22(23)24/h2,4-5,8-9,11-14,17H,3,6-7,10,15-16H2,1H3/q+1. The van der Waals surface area contributed by atoms with Gasteiger partial charge in [0.2, 0.25) is 0 Å². The molecule has 2 nitrogen and oxygen atoms in total. The Kier molecular flexibility index (Phi) is 4.20. The predicted octanol–water partition coefficient (Wildman–Crippen LogP) is 4.53. The highest BCUT2D eigenvalue weighted by Crippen LogP contribution is 2.24.